The summed E-state index contributed by atoms with van der Waals surface area (Å²) in [6, 6.07) is 21.1. The van der Waals surface area contributed by atoms with E-state index in [1.54, 1.807) is 27.7 Å². The smallest absolute Gasteiger partial charge is 0.253 e. The number of anilines is 1. The average molecular weight is 459 g/mol. The van der Waals surface area contributed by atoms with Gasteiger partial charge in [0.1, 0.15) is 11.6 Å². The van der Waals surface area contributed by atoms with Gasteiger partial charge in [-0.25, -0.2) is 8.78 Å². The van der Waals surface area contributed by atoms with E-state index in [0.717, 1.165) is 22.2 Å². The highest BCUT2D eigenvalue weighted by atomic mass is 19.1. The highest BCUT2D eigenvalue weighted by Crippen LogP contribution is 2.27. The van der Waals surface area contributed by atoms with Crippen molar-refractivity contribution in [2.24, 2.45) is 0 Å². The molecule has 1 aliphatic rings. The number of halogens is 2. The van der Waals surface area contributed by atoms with E-state index in [4.69, 9.17) is 0 Å². The summed E-state index contributed by atoms with van der Waals surface area (Å²) >= 11 is 0. The number of rotatable bonds is 4. The third-order valence-corrected chi connectivity index (χ3v) is 6.25. The van der Waals surface area contributed by atoms with Crippen LogP contribution in [0.1, 0.15) is 15.9 Å². The lowest BCUT2D eigenvalue weighted by Crippen LogP contribution is -2.49. The zero-order valence-electron chi connectivity index (χ0n) is 18.5. The summed E-state index contributed by atoms with van der Waals surface area (Å²) < 4.78 is 28.2. The lowest BCUT2D eigenvalue weighted by Gasteiger charge is -2.36. The number of fused-ring (bicyclic) bond motifs is 1. The van der Waals surface area contributed by atoms with Crippen molar-refractivity contribution in [3.05, 3.63) is 112 Å². The van der Waals surface area contributed by atoms with E-state index in [1.807, 2.05) is 24.3 Å². The molecule has 0 spiro atoms. The van der Waals surface area contributed by atoms with Crippen LogP contribution in [-0.2, 0) is 6.54 Å². The maximum Gasteiger partial charge on any atom is 0.253 e. The van der Waals surface area contributed by atoms with Crippen LogP contribution in [0.25, 0.3) is 10.9 Å². The van der Waals surface area contributed by atoms with Crippen molar-refractivity contribution < 1.29 is 13.6 Å². The number of piperazine rings is 1. The maximum atomic E-state index is 13.3. The fraction of sp³-hybridized carbons (Fsp3) is 0.185. The van der Waals surface area contributed by atoms with Crippen molar-refractivity contribution in [3.63, 3.8) is 0 Å². The summed E-state index contributed by atoms with van der Waals surface area (Å²) in [5.74, 6) is -0.810. The Hall–Kier alpha value is -4.00. The topological polar surface area (TPSA) is 45.6 Å². The predicted molar refractivity (Wildman–Crippen MR) is 128 cm³/mol. The van der Waals surface area contributed by atoms with Gasteiger partial charge < -0.3 is 14.4 Å². The summed E-state index contributed by atoms with van der Waals surface area (Å²) in [6.45, 7) is 2.52. The largest absolute Gasteiger partial charge is 0.367 e. The Morgan fingerprint density at radius 3 is 2.09 bits per heavy atom. The maximum absolute atomic E-state index is 13.3. The first-order valence-electron chi connectivity index (χ1n) is 11.2. The van der Waals surface area contributed by atoms with E-state index in [-0.39, 0.29) is 23.1 Å². The van der Waals surface area contributed by atoms with Crippen LogP contribution >= 0.6 is 0 Å². The lowest BCUT2D eigenvalue weighted by atomic mass is 10.1. The van der Waals surface area contributed by atoms with E-state index in [1.165, 1.54) is 36.4 Å². The van der Waals surface area contributed by atoms with Crippen molar-refractivity contribution in [1.82, 2.24) is 9.47 Å². The van der Waals surface area contributed by atoms with Gasteiger partial charge in [-0.2, -0.15) is 0 Å². The van der Waals surface area contributed by atoms with Crippen LogP contribution in [0.15, 0.2) is 83.7 Å². The summed E-state index contributed by atoms with van der Waals surface area (Å²) in [7, 11) is 0. The molecule has 7 heteroatoms. The van der Waals surface area contributed by atoms with E-state index < -0.39 is 0 Å². The first kappa shape index (κ1) is 21.8. The second kappa shape index (κ2) is 9.09. The molecule has 1 saturated heterocycles. The second-order valence-corrected chi connectivity index (χ2v) is 8.38. The lowest BCUT2D eigenvalue weighted by molar-refractivity contribution is 0.0747. The highest BCUT2D eigenvalue weighted by Gasteiger charge is 2.24. The molecular weight excluding hydrogens is 436 g/mol. The van der Waals surface area contributed by atoms with Crippen LogP contribution in [0.2, 0.25) is 0 Å². The Morgan fingerprint density at radius 2 is 1.41 bits per heavy atom. The minimum Gasteiger partial charge on any atom is -0.367 e. The fourth-order valence-electron chi connectivity index (χ4n) is 4.44. The summed E-state index contributed by atoms with van der Waals surface area (Å²) in [6.07, 6.45) is 0. The SMILES string of the molecule is O=C(c1ccc(F)cc1)N1CCN(c2cc(=O)n(Cc3ccc(F)cc3)c3ccccc23)CC1. The molecule has 0 aliphatic carbocycles. The molecule has 0 radical (unpaired) electrons. The zero-order chi connectivity index (χ0) is 23.7. The Kier molecular flexibility index (Phi) is 5.84. The number of carbonyl (C=O) groups is 1. The molecule has 2 heterocycles. The van der Waals surface area contributed by atoms with E-state index in [9.17, 15) is 18.4 Å². The predicted octanol–water partition coefficient (Wildman–Crippen LogP) is 4.29. The van der Waals surface area contributed by atoms with Gasteiger partial charge in [0.15, 0.2) is 0 Å². The first-order valence-corrected chi connectivity index (χ1v) is 11.2. The van der Waals surface area contributed by atoms with Gasteiger partial charge in [-0.1, -0.05) is 30.3 Å². The molecule has 1 aromatic heterocycles. The molecule has 0 saturated carbocycles. The highest BCUT2D eigenvalue weighted by molar-refractivity contribution is 5.95. The zero-order valence-corrected chi connectivity index (χ0v) is 18.5. The van der Waals surface area contributed by atoms with Gasteiger partial charge in [0.2, 0.25) is 0 Å². The van der Waals surface area contributed by atoms with Crippen LogP contribution in [0, 0.1) is 11.6 Å². The second-order valence-electron chi connectivity index (χ2n) is 8.38. The summed E-state index contributed by atoms with van der Waals surface area (Å²) in [5.41, 5.74) is 2.81. The van der Waals surface area contributed by atoms with E-state index in [0.29, 0.717) is 38.3 Å². The van der Waals surface area contributed by atoms with Crippen LogP contribution < -0.4 is 10.5 Å². The molecule has 0 atom stereocenters. The Labute approximate surface area is 195 Å². The number of aromatic nitrogens is 1. The number of benzene rings is 3. The number of pyridine rings is 1. The van der Waals surface area contributed by atoms with Crippen LogP contribution in [0.5, 0.6) is 0 Å². The Morgan fingerprint density at radius 1 is 0.794 bits per heavy atom. The molecule has 5 nitrogen and oxygen atoms in total. The molecule has 4 aromatic rings. The van der Waals surface area contributed by atoms with Crippen molar-refractivity contribution in [1.29, 1.82) is 0 Å². The monoisotopic (exact) mass is 459 g/mol. The number of nitrogens with zero attached hydrogens (tertiary/aromatic N) is 3. The normalized spacial score (nSPS) is 13.9. The summed E-state index contributed by atoms with van der Waals surface area (Å²) in [5, 5.41) is 0.947. The number of para-hydroxylation sites is 1. The number of hydrogen-bond donors (Lipinski definition) is 0. The molecule has 0 N–H and O–H groups in total. The fourth-order valence-corrected chi connectivity index (χ4v) is 4.44. The number of hydrogen-bond acceptors (Lipinski definition) is 3. The Bertz CT molecular complexity index is 1390. The van der Waals surface area contributed by atoms with E-state index >= 15 is 0 Å². The Balaban J connectivity index is 1.39. The van der Waals surface area contributed by atoms with Crippen LogP contribution in [0.3, 0.4) is 0 Å². The molecule has 1 fully saturated rings. The van der Waals surface area contributed by atoms with Crippen molar-refractivity contribution in [3.8, 4) is 0 Å². The van der Waals surface area contributed by atoms with Gasteiger partial charge in [-0.3, -0.25) is 9.59 Å². The molecule has 1 aliphatic heterocycles. The molecular formula is C27H23F2N3O2. The number of amides is 1. The van der Waals surface area contributed by atoms with Crippen molar-refractivity contribution >= 4 is 22.5 Å². The average Bonchev–Trinajstić information content (AvgIpc) is 2.87. The standard InChI is InChI=1S/C27H23F2N3O2/c28-21-9-5-19(6-10-21)18-32-24-4-2-1-3-23(24)25(17-26(32)33)30-13-15-31(16-14-30)27(34)20-7-11-22(29)12-8-20/h1-12,17H,13-16,18H2. The van der Waals surface area contributed by atoms with Crippen molar-refractivity contribution in [2.45, 2.75) is 6.54 Å². The molecule has 5 rings (SSSR count). The molecule has 3 aromatic carbocycles. The molecule has 172 valence electrons. The molecule has 0 bridgehead atoms. The third kappa shape index (κ3) is 4.29. The molecule has 34 heavy (non-hydrogen) atoms. The first-order chi connectivity index (χ1) is 16.5. The quantitative estimate of drug-likeness (QED) is 0.458. The van der Waals surface area contributed by atoms with Gasteiger partial charge in [0.25, 0.3) is 11.5 Å². The number of carbonyl (C=O) groups excluding carboxylic acids is 1. The van der Waals surface area contributed by atoms with Crippen molar-refractivity contribution in [2.75, 3.05) is 31.1 Å². The molecule has 0 unspecified atom stereocenters. The van der Waals surface area contributed by atoms with Gasteiger partial charge in [0, 0.05) is 43.2 Å². The van der Waals surface area contributed by atoms with Gasteiger partial charge >= 0.3 is 0 Å². The van der Waals surface area contributed by atoms with Gasteiger partial charge in [0.05, 0.1) is 17.7 Å². The van der Waals surface area contributed by atoms with Gasteiger partial charge in [-0.15, -0.1) is 0 Å². The van der Waals surface area contributed by atoms with E-state index in [2.05, 4.69) is 4.90 Å². The molecule has 1 amide bonds. The third-order valence-electron chi connectivity index (χ3n) is 6.25. The van der Waals surface area contributed by atoms with Gasteiger partial charge in [-0.05, 0) is 48.0 Å². The minimum absolute atomic E-state index is 0.126. The van der Waals surface area contributed by atoms with Crippen LogP contribution in [0.4, 0.5) is 14.5 Å². The minimum atomic E-state index is -0.373. The van der Waals surface area contributed by atoms with Crippen LogP contribution in [-0.4, -0.2) is 41.6 Å². The summed E-state index contributed by atoms with van der Waals surface area (Å²) in [4.78, 5) is 29.8.